The zero-order valence-corrected chi connectivity index (χ0v) is 18.3. The molecule has 2 aromatic heterocycles. The first kappa shape index (κ1) is 21.9. The second kappa shape index (κ2) is 9.07. The normalized spacial score (nSPS) is 10.8. The molecule has 0 unspecified atom stereocenters. The quantitative estimate of drug-likeness (QED) is 0.478. The van der Waals surface area contributed by atoms with Crippen molar-refractivity contribution < 1.29 is 23.2 Å². The number of amides is 2. The molecule has 2 amide bonds. The van der Waals surface area contributed by atoms with Gasteiger partial charge in [-0.15, -0.1) is 0 Å². The maximum absolute atomic E-state index is 13.3. The number of methoxy groups -OCH3 is 1. The van der Waals surface area contributed by atoms with E-state index in [2.05, 4.69) is 15.5 Å². The summed E-state index contributed by atoms with van der Waals surface area (Å²) in [5, 5.41) is 7.14. The number of hydrogen-bond acceptors (Lipinski definition) is 6. The van der Waals surface area contributed by atoms with Crippen LogP contribution in [0, 0.1) is 12.7 Å². The number of benzene rings is 2. The van der Waals surface area contributed by atoms with Crippen molar-refractivity contribution >= 4 is 28.6 Å². The Morgan fingerprint density at radius 2 is 1.82 bits per heavy atom. The van der Waals surface area contributed by atoms with E-state index in [1.54, 1.807) is 56.5 Å². The van der Waals surface area contributed by atoms with Crippen LogP contribution in [-0.2, 0) is 4.79 Å². The van der Waals surface area contributed by atoms with Gasteiger partial charge in [-0.25, -0.2) is 9.37 Å². The van der Waals surface area contributed by atoms with Crippen LogP contribution in [0.2, 0.25) is 0 Å². The van der Waals surface area contributed by atoms with Crippen LogP contribution in [-0.4, -0.2) is 47.6 Å². The van der Waals surface area contributed by atoms with Crippen molar-refractivity contribution in [3.05, 3.63) is 71.7 Å². The van der Waals surface area contributed by atoms with Crippen molar-refractivity contribution in [2.24, 2.45) is 0 Å². The molecule has 1 N–H and O–H groups in total. The largest absolute Gasteiger partial charge is 0.497 e. The summed E-state index contributed by atoms with van der Waals surface area (Å²) in [5.41, 5.74) is 2.61. The molecule has 4 aromatic rings. The Kier molecular flexibility index (Phi) is 6.03. The van der Waals surface area contributed by atoms with Gasteiger partial charge in [-0.3, -0.25) is 9.59 Å². The molecule has 0 aliphatic carbocycles. The number of carbonyl (C=O) groups is 2. The van der Waals surface area contributed by atoms with Gasteiger partial charge in [0.05, 0.1) is 36.0 Å². The lowest BCUT2D eigenvalue weighted by atomic mass is 10.0. The predicted molar refractivity (Wildman–Crippen MR) is 121 cm³/mol. The number of carbonyl (C=O) groups excluding carboxylic acids is 2. The first-order valence-electron chi connectivity index (χ1n) is 10.1. The summed E-state index contributed by atoms with van der Waals surface area (Å²) in [5.74, 6) is -0.471. The Morgan fingerprint density at radius 3 is 2.48 bits per heavy atom. The summed E-state index contributed by atoms with van der Waals surface area (Å²) in [6.45, 7) is 1.53. The molecule has 0 spiro atoms. The first-order valence-corrected chi connectivity index (χ1v) is 10.1. The zero-order chi connectivity index (χ0) is 23.5. The number of nitrogens with zero attached hydrogens (tertiary/aromatic N) is 3. The zero-order valence-electron chi connectivity index (χ0n) is 18.3. The van der Waals surface area contributed by atoms with E-state index in [0.717, 1.165) is 0 Å². The number of nitrogens with one attached hydrogen (secondary N) is 1. The number of halogens is 1. The van der Waals surface area contributed by atoms with E-state index in [9.17, 15) is 14.0 Å². The smallest absolute Gasteiger partial charge is 0.259 e. The van der Waals surface area contributed by atoms with E-state index in [1.807, 2.05) is 0 Å². The van der Waals surface area contributed by atoms with Gasteiger partial charge in [0.2, 0.25) is 5.91 Å². The van der Waals surface area contributed by atoms with Crippen molar-refractivity contribution in [2.75, 3.05) is 26.0 Å². The molecule has 0 radical (unpaired) electrons. The Bertz CT molecular complexity index is 1320. The Morgan fingerprint density at radius 1 is 1.12 bits per heavy atom. The van der Waals surface area contributed by atoms with Crippen LogP contribution < -0.4 is 10.1 Å². The highest BCUT2D eigenvalue weighted by atomic mass is 19.1. The third-order valence-electron chi connectivity index (χ3n) is 5.09. The molecule has 0 aliphatic heterocycles. The van der Waals surface area contributed by atoms with Gasteiger partial charge in [-0.1, -0.05) is 5.16 Å². The van der Waals surface area contributed by atoms with Crippen LogP contribution >= 0.6 is 0 Å². The third-order valence-corrected chi connectivity index (χ3v) is 5.09. The lowest BCUT2D eigenvalue weighted by Crippen LogP contribution is -2.35. The summed E-state index contributed by atoms with van der Waals surface area (Å²) in [4.78, 5) is 31.5. The fraction of sp³-hybridized carbons (Fsp3) is 0.167. The molecule has 0 saturated heterocycles. The number of hydrogen-bond donors (Lipinski definition) is 1. The number of ether oxygens (including phenoxy) is 1. The lowest BCUT2D eigenvalue weighted by molar-refractivity contribution is -0.116. The van der Waals surface area contributed by atoms with Crippen molar-refractivity contribution in [2.45, 2.75) is 6.92 Å². The highest BCUT2D eigenvalue weighted by Gasteiger charge is 2.23. The topological polar surface area (TPSA) is 97.6 Å². The van der Waals surface area contributed by atoms with Gasteiger partial charge in [-0.05, 0) is 61.5 Å². The molecule has 4 rings (SSSR count). The van der Waals surface area contributed by atoms with E-state index >= 15 is 0 Å². The minimum atomic E-state index is -0.401. The number of aryl methyl sites for hydroxylation is 1. The van der Waals surface area contributed by atoms with E-state index in [1.165, 1.54) is 24.1 Å². The minimum absolute atomic E-state index is 0.176. The second-order valence-electron chi connectivity index (χ2n) is 7.45. The maximum Gasteiger partial charge on any atom is 0.259 e. The SMILES string of the molecule is COc1ccc(NC(=O)CN(C)C(=O)c2cc(-c3ccc(F)cc3)nc3onc(C)c23)cc1. The van der Waals surface area contributed by atoms with Crippen molar-refractivity contribution in [3.8, 4) is 17.0 Å². The second-order valence-corrected chi connectivity index (χ2v) is 7.45. The van der Waals surface area contributed by atoms with Gasteiger partial charge in [-0.2, -0.15) is 0 Å². The van der Waals surface area contributed by atoms with Crippen molar-refractivity contribution in [3.63, 3.8) is 0 Å². The summed E-state index contributed by atoms with van der Waals surface area (Å²) >= 11 is 0. The summed E-state index contributed by atoms with van der Waals surface area (Å²) < 4.78 is 23.7. The van der Waals surface area contributed by atoms with Crippen molar-refractivity contribution in [1.29, 1.82) is 0 Å². The molecule has 168 valence electrons. The molecule has 0 bridgehead atoms. The minimum Gasteiger partial charge on any atom is -0.497 e. The number of pyridine rings is 1. The Labute approximate surface area is 189 Å². The van der Waals surface area contributed by atoms with E-state index in [4.69, 9.17) is 9.26 Å². The summed E-state index contributed by atoms with van der Waals surface area (Å²) in [6.07, 6.45) is 0. The van der Waals surface area contributed by atoms with Crippen LogP contribution in [0.5, 0.6) is 5.75 Å². The van der Waals surface area contributed by atoms with Gasteiger partial charge in [0.25, 0.3) is 11.6 Å². The van der Waals surface area contributed by atoms with E-state index < -0.39 is 5.91 Å². The number of aromatic nitrogens is 2. The van der Waals surface area contributed by atoms with Gasteiger partial charge in [0.15, 0.2) is 0 Å². The van der Waals surface area contributed by atoms with Crippen LogP contribution in [0.4, 0.5) is 10.1 Å². The monoisotopic (exact) mass is 448 g/mol. The molecule has 8 nitrogen and oxygen atoms in total. The van der Waals surface area contributed by atoms with Crippen LogP contribution in [0.3, 0.4) is 0 Å². The van der Waals surface area contributed by atoms with Crippen LogP contribution in [0.1, 0.15) is 16.1 Å². The van der Waals surface area contributed by atoms with Gasteiger partial charge in [0.1, 0.15) is 11.6 Å². The van der Waals surface area contributed by atoms with Gasteiger partial charge < -0.3 is 19.5 Å². The van der Waals surface area contributed by atoms with E-state index in [-0.39, 0.29) is 29.5 Å². The first-order chi connectivity index (χ1) is 15.9. The molecule has 0 aliphatic rings. The highest BCUT2D eigenvalue weighted by molar-refractivity contribution is 6.08. The van der Waals surface area contributed by atoms with Crippen LogP contribution in [0.15, 0.2) is 59.1 Å². The fourth-order valence-electron chi connectivity index (χ4n) is 3.40. The Hall–Kier alpha value is -4.27. The number of anilines is 1. The van der Waals surface area contributed by atoms with Crippen LogP contribution in [0.25, 0.3) is 22.4 Å². The molecule has 2 heterocycles. The fourth-order valence-corrected chi connectivity index (χ4v) is 3.40. The molecule has 0 atom stereocenters. The molecule has 33 heavy (non-hydrogen) atoms. The third kappa shape index (κ3) is 4.67. The Balaban J connectivity index is 1.58. The molecule has 9 heteroatoms. The summed E-state index contributed by atoms with van der Waals surface area (Å²) in [7, 11) is 3.09. The lowest BCUT2D eigenvalue weighted by Gasteiger charge is -2.18. The number of rotatable bonds is 6. The molecular weight excluding hydrogens is 427 g/mol. The molecule has 0 fully saturated rings. The average Bonchev–Trinajstić information content (AvgIpc) is 3.19. The molecule has 2 aromatic carbocycles. The van der Waals surface area contributed by atoms with Crippen molar-refractivity contribution in [1.82, 2.24) is 15.0 Å². The molecular formula is C24H21FN4O4. The van der Waals surface area contributed by atoms with E-state index in [0.29, 0.717) is 33.8 Å². The highest BCUT2D eigenvalue weighted by Crippen LogP contribution is 2.28. The van der Waals surface area contributed by atoms with Gasteiger partial charge in [0, 0.05) is 18.3 Å². The number of likely N-dealkylation sites (N-methyl/N-ethyl adjacent to an activating group) is 1. The van der Waals surface area contributed by atoms with Gasteiger partial charge >= 0.3 is 0 Å². The maximum atomic E-state index is 13.3. The predicted octanol–water partition coefficient (Wildman–Crippen LogP) is 4.06. The number of fused-ring (bicyclic) bond motifs is 1. The average molecular weight is 448 g/mol. The molecule has 0 saturated carbocycles. The summed E-state index contributed by atoms with van der Waals surface area (Å²) in [6, 6.07) is 14.2. The standard InChI is InChI=1S/C24H21FN4O4/c1-14-22-19(12-20(27-23(22)33-28-14)15-4-6-16(25)7-5-15)24(31)29(2)13-21(30)26-17-8-10-18(32-3)11-9-17/h4-12H,13H2,1-3H3,(H,26,30).